The van der Waals surface area contributed by atoms with E-state index < -0.39 is 0 Å². The number of thiophene rings is 2. The summed E-state index contributed by atoms with van der Waals surface area (Å²) in [7, 11) is 1.70. The monoisotopic (exact) mass is 228 g/mol. The van der Waals surface area contributed by atoms with E-state index in [0.29, 0.717) is 0 Å². The van der Waals surface area contributed by atoms with Crippen LogP contribution in [0.4, 0.5) is 0 Å². The number of hydrogen-bond acceptors (Lipinski definition) is 4. The maximum Gasteiger partial charge on any atom is 0.174 e. The first-order valence-electron chi connectivity index (χ1n) is 3.73. The average molecular weight is 228 g/mol. The summed E-state index contributed by atoms with van der Waals surface area (Å²) in [5.41, 5.74) is 0. The van der Waals surface area contributed by atoms with E-state index in [1.807, 2.05) is 6.07 Å². The van der Waals surface area contributed by atoms with Crippen molar-refractivity contribution in [2.75, 3.05) is 7.11 Å². The van der Waals surface area contributed by atoms with Gasteiger partial charge in [0.2, 0.25) is 0 Å². The van der Waals surface area contributed by atoms with Crippen molar-refractivity contribution >= 4 is 34.4 Å². The van der Waals surface area contributed by atoms with Crippen LogP contribution in [-0.2, 0) is 0 Å². The maximum atomic E-state index is 5.12. The summed E-state index contributed by atoms with van der Waals surface area (Å²) in [4.78, 5) is 0. The van der Waals surface area contributed by atoms with E-state index in [9.17, 15) is 0 Å². The molecule has 4 heteroatoms. The van der Waals surface area contributed by atoms with Gasteiger partial charge in [-0.25, -0.2) is 0 Å². The SMILES string of the molecule is COc1ccc(Sc2cccs2)s1. The van der Waals surface area contributed by atoms with Gasteiger partial charge in [0.15, 0.2) is 5.06 Å². The zero-order chi connectivity index (χ0) is 9.10. The lowest BCUT2D eigenvalue weighted by Gasteiger charge is -1.91. The molecule has 0 bridgehead atoms. The molecule has 0 aliphatic carbocycles. The van der Waals surface area contributed by atoms with E-state index in [1.165, 1.54) is 8.42 Å². The standard InChI is InChI=1S/C9H8OS3/c1-10-7-4-5-9(12-7)13-8-3-2-6-11-8/h2-6H,1H3. The second-order valence-electron chi connectivity index (χ2n) is 2.31. The Balaban J connectivity index is 2.10. The van der Waals surface area contributed by atoms with Gasteiger partial charge >= 0.3 is 0 Å². The van der Waals surface area contributed by atoms with Crippen LogP contribution < -0.4 is 4.74 Å². The molecule has 68 valence electrons. The third-order valence-electron chi connectivity index (χ3n) is 1.45. The summed E-state index contributed by atoms with van der Waals surface area (Å²) < 4.78 is 7.72. The van der Waals surface area contributed by atoms with Crippen molar-refractivity contribution in [1.82, 2.24) is 0 Å². The minimum Gasteiger partial charge on any atom is -0.487 e. The van der Waals surface area contributed by atoms with Crippen LogP contribution in [0.1, 0.15) is 0 Å². The van der Waals surface area contributed by atoms with Gasteiger partial charge in [-0.05, 0) is 23.6 Å². The molecule has 0 spiro atoms. The number of rotatable bonds is 3. The second kappa shape index (κ2) is 4.17. The molecule has 2 heterocycles. The van der Waals surface area contributed by atoms with Gasteiger partial charge in [-0.3, -0.25) is 0 Å². The summed E-state index contributed by atoms with van der Waals surface area (Å²) in [6.45, 7) is 0. The van der Waals surface area contributed by atoms with Gasteiger partial charge < -0.3 is 4.74 Å². The first-order valence-corrected chi connectivity index (χ1v) is 6.25. The van der Waals surface area contributed by atoms with E-state index in [-0.39, 0.29) is 0 Å². The van der Waals surface area contributed by atoms with E-state index in [2.05, 4.69) is 23.6 Å². The van der Waals surface area contributed by atoms with Crippen molar-refractivity contribution in [3.05, 3.63) is 29.6 Å². The molecule has 0 aromatic carbocycles. The molecule has 1 nitrogen and oxygen atoms in total. The molecule has 2 aromatic rings. The Hall–Kier alpha value is -0.450. The normalized spacial score (nSPS) is 10.2. The van der Waals surface area contributed by atoms with Crippen LogP contribution in [0.3, 0.4) is 0 Å². The molecule has 0 amide bonds. The van der Waals surface area contributed by atoms with Crippen molar-refractivity contribution in [3.8, 4) is 5.06 Å². The predicted octanol–water partition coefficient (Wildman–Crippen LogP) is 3.97. The third-order valence-corrected chi connectivity index (χ3v) is 4.67. The van der Waals surface area contributed by atoms with E-state index in [0.717, 1.165) is 5.06 Å². The first kappa shape index (κ1) is 9.12. The Morgan fingerprint density at radius 3 is 2.77 bits per heavy atom. The largest absolute Gasteiger partial charge is 0.487 e. The van der Waals surface area contributed by atoms with Gasteiger partial charge in [-0.2, -0.15) is 0 Å². The molecule has 13 heavy (non-hydrogen) atoms. The number of hydrogen-bond donors (Lipinski definition) is 0. The van der Waals surface area contributed by atoms with Crippen molar-refractivity contribution in [1.29, 1.82) is 0 Å². The van der Waals surface area contributed by atoms with Crippen LogP contribution >= 0.6 is 34.4 Å². The van der Waals surface area contributed by atoms with Crippen LogP contribution in [0.2, 0.25) is 0 Å². The van der Waals surface area contributed by atoms with Gasteiger partial charge in [0.05, 0.1) is 15.5 Å². The zero-order valence-corrected chi connectivity index (χ0v) is 9.47. The molecule has 0 saturated heterocycles. The molecule has 0 fully saturated rings. The van der Waals surface area contributed by atoms with Crippen LogP contribution in [0, 0.1) is 0 Å². The summed E-state index contributed by atoms with van der Waals surface area (Å²) in [6, 6.07) is 8.29. The third kappa shape index (κ3) is 2.27. The molecule has 0 unspecified atom stereocenters. The quantitative estimate of drug-likeness (QED) is 0.786. The van der Waals surface area contributed by atoms with E-state index in [1.54, 1.807) is 41.5 Å². The highest BCUT2D eigenvalue weighted by Crippen LogP contribution is 2.38. The zero-order valence-electron chi connectivity index (χ0n) is 7.02. The first-order chi connectivity index (χ1) is 6.38. The van der Waals surface area contributed by atoms with Crippen LogP contribution in [0.15, 0.2) is 38.1 Å². The summed E-state index contributed by atoms with van der Waals surface area (Å²) in [5, 5.41) is 3.06. The lowest BCUT2D eigenvalue weighted by Crippen LogP contribution is -1.73. The Morgan fingerprint density at radius 1 is 1.23 bits per heavy atom. The van der Waals surface area contributed by atoms with Gasteiger partial charge in [-0.1, -0.05) is 29.2 Å². The molecule has 0 aliphatic rings. The predicted molar refractivity (Wildman–Crippen MR) is 59.3 cm³/mol. The topological polar surface area (TPSA) is 9.23 Å². The van der Waals surface area contributed by atoms with Gasteiger partial charge in [0, 0.05) is 0 Å². The fraction of sp³-hybridized carbons (Fsp3) is 0.111. The van der Waals surface area contributed by atoms with Crippen LogP contribution in [0.5, 0.6) is 5.06 Å². The lowest BCUT2D eigenvalue weighted by molar-refractivity contribution is 0.427. The molecule has 0 saturated carbocycles. The smallest absolute Gasteiger partial charge is 0.174 e. The second-order valence-corrected chi connectivity index (χ2v) is 5.91. The van der Waals surface area contributed by atoms with Crippen molar-refractivity contribution < 1.29 is 4.74 Å². The van der Waals surface area contributed by atoms with Crippen molar-refractivity contribution in [3.63, 3.8) is 0 Å². The average Bonchev–Trinajstić information content (AvgIpc) is 2.76. The molecule has 0 atom stereocenters. The van der Waals surface area contributed by atoms with E-state index in [4.69, 9.17) is 4.74 Å². The Labute approximate surface area is 89.4 Å². The molecule has 2 aromatic heterocycles. The molecule has 2 rings (SSSR count). The maximum absolute atomic E-state index is 5.12. The fourth-order valence-electron chi connectivity index (χ4n) is 0.889. The minimum atomic E-state index is 0.971. The van der Waals surface area contributed by atoms with Gasteiger partial charge in [0.1, 0.15) is 0 Å². The van der Waals surface area contributed by atoms with Gasteiger partial charge in [0.25, 0.3) is 0 Å². The van der Waals surface area contributed by atoms with E-state index >= 15 is 0 Å². The molecule has 0 radical (unpaired) electrons. The highest BCUT2D eigenvalue weighted by atomic mass is 32.2. The van der Waals surface area contributed by atoms with Crippen LogP contribution in [-0.4, -0.2) is 7.11 Å². The summed E-state index contributed by atoms with van der Waals surface area (Å²) in [5.74, 6) is 0. The van der Waals surface area contributed by atoms with Crippen molar-refractivity contribution in [2.45, 2.75) is 8.42 Å². The Bertz CT molecular complexity index is 364. The minimum absolute atomic E-state index is 0.971. The number of ether oxygens (including phenoxy) is 1. The van der Waals surface area contributed by atoms with Gasteiger partial charge in [-0.15, -0.1) is 11.3 Å². The highest BCUT2D eigenvalue weighted by Gasteiger charge is 2.02. The Morgan fingerprint density at radius 2 is 2.15 bits per heavy atom. The lowest BCUT2D eigenvalue weighted by atomic mass is 10.6. The Kier molecular flexibility index (Phi) is 2.93. The highest BCUT2D eigenvalue weighted by molar-refractivity contribution is 8.02. The van der Waals surface area contributed by atoms with Crippen molar-refractivity contribution in [2.24, 2.45) is 0 Å². The molecular weight excluding hydrogens is 220 g/mol. The number of methoxy groups -OCH3 is 1. The molecule has 0 aliphatic heterocycles. The fourth-order valence-corrected chi connectivity index (χ4v) is 3.84. The summed E-state index contributed by atoms with van der Waals surface area (Å²) >= 11 is 5.23. The molecular formula is C9H8OS3. The van der Waals surface area contributed by atoms with Crippen LogP contribution in [0.25, 0.3) is 0 Å². The summed E-state index contributed by atoms with van der Waals surface area (Å²) in [6.07, 6.45) is 0. The molecule has 0 N–H and O–H groups in total.